The molecule has 2 aliphatic rings. The Hall–Kier alpha value is -3.86. The van der Waals surface area contributed by atoms with Crippen LogP contribution < -0.4 is 14.5 Å². The predicted molar refractivity (Wildman–Crippen MR) is 130 cm³/mol. The number of imide groups is 1. The van der Waals surface area contributed by atoms with E-state index < -0.39 is 0 Å². The number of carbonyl (C=O) groups is 2. The second-order valence-electron chi connectivity index (χ2n) is 8.55. The topological polar surface area (TPSA) is 49.9 Å². The van der Waals surface area contributed by atoms with Crippen LogP contribution in [0.25, 0.3) is 5.57 Å². The Morgan fingerprint density at radius 3 is 2.33 bits per heavy atom. The average molecular weight is 439 g/mol. The van der Waals surface area contributed by atoms with Gasteiger partial charge >= 0.3 is 0 Å². The van der Waals surface area contributed by atoms with Gasteiger partial charge in [0.15, 0.2) is 0 Å². The highest BCUT2D eigenvalue weighted by Gasteiger charge is 2.43. The van der Waals surface area contributed by atoms with Crippen LogP contribution in [-0.2, 0) is 16.0 Å². The van der Waals surface area contributed by atoms with Crippen molar-refractivity contribution in [3.8, 4) is 5.75 Å². The minimum atomic E-state index is -0.300. The van der Waals surface area contributed by atoms with Gasteiger partial charge in [0.25, 0.3) is 11.8 Å². The number of anilines is 2. The van der Waals surface area contributed by atoms with E-state index in [-0.39, 0.29) is 11.8 Å². The van der Waals surface area contributed by atoms with Crippen LogP contribution in [0, 0.1) is 13.8 Å². The third-order valence-electron chi connectivity index (χ3n) is 6.57. The van der Waals surface area contributed by atoms with Crippen LogP contribution in [0.15, 0.2) is 72.4 Å². The van der Waals surface area contributed by atoms with Crippen LogP contribution in [0.4, 0.5) is 11.4 Å². The van der Waals surface area contributed by atoms with Gasteiger partial charge in [-0.2, -0.15) is 0 Å². The summed E-state index contributed by atoms with van der Waals surface area (Å²) in [7, 11) is 1.61. The normalized spacial score (nSPS) is 15.8. The average Bonchev–Trinajstić information content (AvgIpc) is 3.10. The van der Waals surface area contributed by atoms with Gasteiger partial charge in [-0.25, -0.2) is 4.90 Å². The van der Waals surface area contributed by atoms with Crippen molar-refractivity contribution in [2.24, 2.45) is 0 Å². The van der Waals surface area contributed by atoms with E-state index in [0.717, 1.165) is 29.7 Å². The number of carbonyl (C=O) groups excluding carboxylic acids is 2. The third-order valence-corrected chi connectivity index (χ3v) is 6.57. The second kappa shape index (κ2) is 8.24. The standard InChI is InChI=1S/C28H26N2O3/c1-18-10-13-22(17-19(18)2)30-27(31)25(21-11-14-23(33-3)15-12-21)26(28(30)32)29-16-6-8-20-7-4-5-9-24(20)29/h4-5,7,9-15,17H,6,8,16H2,1-3H3. The number of para-hydroxylation sites is 1. The molecule has 0 aliphatic carbocycles. The molecule has 33 heavy (non-hydrogen) atoms. The van der Waals surface area contributed by atoms with Crippen molar-refractivity contribution in [3.63, 3.8) is 0 Å². The molecule has 0 saturated heterocycles. The molecule has 3 aromatic carbocycles. The molecule has 0 fully saturated rings. The summed E-state index contributed by atoms with van der Waals surface area (Å²) in [5.74, 6) is 0.115. The van der Waals surface area contributed by atoms with Crippen molar-refractivity contribution < 1.29 is 14.3 Å². The number of hydrogen-bond acceptors (Lipinski definition) is 4. The lowest BCUT2D eigenvalue weighted by Crippen LogP contribution is -2.37. The van der Waals surface area contributed by atoms with Crippen LogP contribution >= 0.6 is 0 Å². The van der Waals surface area contributed by atoms with E-state index in [4.69, 9.17) is 4.74 Å². The van der Waals surface area contributed by atoms with Crippen LogP contribution in [0.5, 0.6) is 5.75 Å². The lowest BCUT2D eigenvalue weighted by Gasteiger charge is -2.32. The van der Waals surface area contributed by atoms with E-state index in [0.29, 0.717) is 34.8 Å². The second-order valence-corrected chi connectivity index (χ2v) is 8.55. The summed E-state index contributed by atoms with van der Waals surface area (Å²) in [4.78, 5) is 31.1. The monoisotopic (exact) mass is 438 g/mol. The van der Waals surface area contributed by atoms with Crippen LogP contribution in [0.1, 0.15) is 28.7 Å². The minimum Gasteiger partial charge on any atom is -0.497 e. The summed E-state index contributed by atoms with van der Waals surface area (Å²) >= 11 is 0. The number of methoxy groups -OCH3 is 1. The lowest BCUT2D eigenvalue weighted by atomic mass is 9.98. The largest absolute Gasteiger partial charge is 0.497 e. The molecule has 0 radical (unpaired) electrons. The van der Waals surface area contributed by atoms with Gasteiger partial charge in [-0.1, -0.05) is 36.4 Å². The van der Waals surface area contributed by atoms with Gasteiger partial charge in [0.05, 0.1) is 18.4 Å². The molecule has 166 valence electrons. The zero-order valence-electron chi connectivity index (χ0n) is 19.1. The fourth-order valence-corrected chi connectivity index (χ4v) is 4.65. The van der Waals surface area contributed by atoms with Gasteiger partial charge in [0.1, 0.15) is 11.4 Å². The van der Waals surface area contributed by atoms with Gasteiger partial charge in [-0.3, -0.25) is 9.59 Å². The predicted octanol–water partition coefficient (Wildman–Crippen LogP) is 5.05. The van der Waals surface area contributed by atoms with Gasteiger partial charge in [0.2, 0.25) is 0 Å². The molecule has 0 unspecified atom stereocenters. The van der Waals surface area contributed by atoms with Crippen LogP contribution in [0.3, 0.4) is 0 Å². The fourth-order valence-electron chi connectivity index (χ4n) is 4.65. The van der Waals surface area contributed by atoms with Gasteiger partial charge in [-0.05, 0) is 79.3 Å². The molecule has 3 aromatic rings. The molecule has 0 spiro atoms. The van der Waals surface area contributed by atoms with E-state index in [2.05, 4.69) is 6.07 Å². The highest BCUT2D eigenvalue weighted by molar-refractivity contribution is 6.46. The number of nitrogens with zero attached hydrogens (tertiary/aromatic N) is 2. The number of aryl methyl sites for hydroxylation is 3. The van der Waals surface area contributed by atoms with E-state index in [1.54, 1.807) is 7.11 Å². The summed E-state index contributed by atoms with van der Waals surface area (Å²) in [6.07, 6.45) is 1.88. The molecule has 0 bridgehead atoms. The molecule has 0 atom stereocenters. The van der Waals surface area contributed by atoms with Gasteiger partial charge in [0, 0.05) is 12.2 Å². The quantitative estimate of drug-likeness (QED) is 0.535. The molecule has 5 heteroatoms. The Bertz CT molecular complexity index is 1290. The summed E-state index contributed by atoms with van der Waals surface area (Å²) in [5.41, 5.74) is 6.51. The van der Waals surface area contributed by atoms with Crippen molar-refractivity contribution in [3.05, 3.63) is 94.7 Å². The maximum absolute atomic E-state index is 13.9. The molecule has 0 N–H and O–H groups in total. The van der Waals surface area contributed by atoms with Crippen LogP contribution in [-0.4, -0.2) is 25.5 Å². The Morgan fingerprint density at radius 1 is 0.848 bits per heavy atom. The Balaban J connectivity index is 1.68. The molecule has 5 rings (SSSR count). The zero-order valence-corrected chi connectivity index (χ0v) is 19.1. The summed E-state index contributed by atoms with van der Waals surface area (Å²) in [5, 5.41) is 0. The fraction of sp³-hybridized carbons (Fsp3) is 0.214. The first-order chi connectivity index (χ1) is 16.0. The zero-order chi connectivity index (χ0) is 23.1. The molecule has 5 nitrogen and oxygen atoms in total. The van der Waals surface area contributed by atoms with E-state index in [9.17, 15) is 9.59 Å². The number of ether oxygens (including phenoxy) is 1. The van der Waals surface area contributed by atoms with Crippen molar-refractivity contribution in [1.29, 1.82) is 0 Å². The van der Waals surface area contributed by atoms with E-state index in [1.165, 1.54) is 10.5 Å². The van der Waals surface area contributed by atoms with Crippen molar-refractivity contribution in [1.82, 2.24) is 0 Å². The lowest BCUT2D eigenvalue weighted by molar-refractivity contribution is -0.120. The van der Waals surface area contributed by atoms with E-state index in [1.807, 2.05) is 79.4 Å². The van der Waals surface area contributed by atoms with Crippen molar-refractivity contribution >= 4 is 28.8 Å². The Morgan fingerprint density at radius 2 is 1.61 bits per heavy atom. The molecular formula is C28H26N2O3. The number of fused-ring (bicyclic) bond motifs is 1. The number of rotatable bonds is 4. The van der Waals surface area contributed by atoms with Gasteiger partial charge < -0.3 is 9.64 Å². The van der Waals surface area contributed by atoms with Crippen molar-refractivity contribution in [2.45, 2.75) is 26.7 Å². The van der Waals surface area contributed by atoms with Crippen molar-refractivity contribution in [2.75, 3.05) is 23.5 Å². The molecular weight excluding hydrogens is 412 g/mol. The molecule has 2 heterocycles. The maximum Gasteiger partial charge on any atom is 0.282 e. The number of hydrogen-bond donors (Lipinski definition) is 0. The SMILES string of the molecule is COc1ccc(C2=C(N3CCCc4ccccc43)C(=O)N(c3ccc(C)c(C)c3)C2=O)cc1. The third kappa shape index (κ3) is 3.50. The Labute approximate surface area is 193 Å². The molecule has 2 amide bonds. The van der Waals surface area contributed by atoms with Gasteiger partial charge in [-0.15, -0.1) is 0 Å². The molecule has 2 aliphatic heterocycles. The summed E-state index contributed by atoms with van der Waals surface area (Å²) < 4.78 is 5.30. The first-order valence-electron chi connectivity index (χ1n) is 11.2. The van der Waals surface area contributed by atoms with Crippen LogP contribution in [0.2, 0.25) is 0 Å². The Kier molecular flexibility index (Phi) is 5.25. The first kappa shape index (κ1) is 21.0. The molecule has 0 saturated carbocycles. The smallest absolute Gasteiger partial charge is 0.282 e. The number of benzene rings is 3. The number of amides is 2. The maximum atomic E-state index is 13.9. The minimum absolute atomic E-state index is 0.286. The summed E-state index contributed by atoms with van der Waals surface area (Å²) in [6.45, 7) is 4.69. The highest BCUT2D eigenvalue weighted by atomic mass is 16.5. The highest BCUT2D eigenvalue weighted by Crippen LogP contribution is 2.40. The molecule has 0 aromatic heterocycles. The summed E-state index contributed by atoms with van der Waals surface area (Å²) in [6, 6.07) is 21.2. The van der Waals surface area contributed by atoms with E-state index >= 15 is 0 Å². The first-order valence-corrected chi connectivity index (χ1v) is 11.2.